The molecule has 0 fully saturated rings. The lowest BCUT2D eigenvalue weighted by molar-refractivity contribution is -0.136. The maximum absolute atomic E-state index is 12.1. The minimum atomic E-state index is -1.27. The largest absolute Gasteiger partial charge is 0.383 e. The van der Waals surface area contributed by atoms with Gasteiger partial charge in [-0.3, -0.25) is 9.78 Å². The number of nitrogens with zero attached hydrogens (tertiary/aromatic N) is 1. The molecule has 1 aliphatic carbocycles. The van der Waals surface area contributed by atoms with Gasteiger partial charge in [0.2, 0.25) is 0 Å². The van der Waals surface area contributed by atoms with E-state index in [1.165, 1.54) is 0 Å². The third kappa shape index (κ3) is 2.00. The number of fused-ring (bicyclic) bond motifs is 1. The molecule has 0 saturated heterocycles. The van der Waals surface area contributed by atoms with Crippen LogP contribution in [0.4, 0.5) is 0 Å². The van der Waals surface area contributed by atoms with Gasteiger partial charge in [0.25, 0.3) is 0 Å². The van der Waals surface area contributed by atoms with E-state index >= 15 is 0 Å². The Bertz CT molecular complexity index is 407. The van der Waals surface area contributed by atoms with Gasteiger partial charge < -0.3 is 5.11 Å². The summed E-state index contributed by atoms with van der Waals surface area (Å²) in [5.41, 5.74) is 0.744. The zero-order chi connectivity index (χ0) is 11.8. The second-order valence-corrected chi connectivity index (χ2v) is 4.92. The van der Waals surface area contributed by atoms with Crippen molar-refractivity contribution in [3.63, 3.8) is 0 Å². The summed E-state index contributed by atoms with van der Waals surface area (Å²) < 4.78 is 0. The first kappa shape index (κ1) is 11.3. The number of Topliss-reactive ketones (excluding diaryl/α,β-unsaturated/α-hetero) is 1. The quantitative estimate of drug-likeness (QED) is 0.825. The fourth-order valence-electron chi connectivity index (χ4n) is 2.29. The van der Waals surface area contributed by atoms with Crippen LogP contribution in [-0.4, -0.2) is 21.5 Å². The molecule has 1 unspecified atom stereocenters. The smallest absolute Gasteiger partial charge is 0.172 e. The number of aliphatic hydroxyl groups is 1. The van der Waals surface area contributed by atoms with Gasteiger partial charge in [0.15, 0.2) is 5.78 Å². The van der Waals surface area contributed by atoms with Crippen LogP contribution in [0.25, 0.3) is 0 Å². The van der Waals surface area contributed by atoms with Gasteiger partial charge in [-0.05, 0) is 44.7 Å². The monoisotopic (exact) mass is 219 g/mol. The van der Waals surface area contributed by atoms with E-state index in [9.17, 15) is 9.90 Å². The molecule has 0 amide bonds. The number of carbonyl (C=O) groups excluding carboxylic acids is 1. The topological polar surface area (TPSA) is 50.2 Å². The van der Waals surface area contributed by atoms with E-state index in [0.29, 0.717) is 0 Å². The number of aromatic nitrogens is 1. The summed E-state index contributed by atoms with van der Waals surface area (Å²) in [5, 5.41) is 9.79. The van der Waals surface area contributed by atoms with Gasteiger partial charge in [-0.25, -0.2) is 0 Å². The van der Waals surface area contributed by atoms with E-state index in [2.05, 4.69) is 4.98 Å². The SMILES string of the molecule is CC(C)(O)C(=O)C1CCCc2cccnc21. The lowest BCUT2D eigenvalue weighted by atomic mass is 9.79. The first-order valence-electron chi connectivity index (χ1n) is 5.70. The second-order valence-electron chi connectivity index (χ2n) is 4.92. The van der Waals surface area contributed by atoms with E-state index in [1.54, 1.807) is 20.0 Å². The fourth-order valence-corrected chi connectivity index (χ4v) is 2.29. The number of carbonyl (C=O) groups is 1. The number of aryl methyl sites for hydroxylation is 1. The molecule has 0 saturated carbocycles. The molecule has 0 aromatic carbocycles. The number of ketones is 1. The zero-order valence-corrected chi connectivity index (χ0v) is 9.73. The highest BCUT2D eigenvalue weighted by molar-refractivity contribution is 5.92. The summed E-state index contributed by atoms with van der Waals surface area (Å²) in [6.07, 6.45) is 4.49. The molecule has 1 heterocycles. The molecule has 86 valence electrons. The molecule has 1 aromatic rings. The number of hydrogen-bond acceptors (Lipinski definition) is 3. The molecule has 0 radical (unpaired) electrons. The van der Waals surface area contributed by atoms with Crippen molar-refractivity contribution >= 4 is 5.78 Å². The van der Waals surface area contributed by atoms with Crippen LogP contribution in [0.2, 0.25) is 0 Å². The van der Waals surface area contributed by atoms with Crippen LogP contribution < -0.4 is 0 Å². The molecule has 0 bridgehead atoms. The van der Waals surface area contributed by atoms with Gasteiger partial charge >= 0.3 is 0 Å². The van der Waals surface area contributed by atoms with Crippen LogP contribution in [-0.2, 0) is 11.2 Å². The van der Waals surface area contributed by atoms with Crippen LogP contribution in [0.15, 0.2) is 18.3 Å². The molecular formula is C13H17NO2. The van der Waals surface area contributed by atoms with Crippen molar-refractivity contribution in [1.29, 1.82) is 0 Å². The predicted octanol–water partition coefficient (Wildman–Crippen LogP) is 1.84. The summed E-state index contributed by atoms with van der Waals surface area (Å²) in [4.78, 5) is 16.4. The van der Waals surface area contributed by atoms with Crippen molar-refractivity contribution in [3.05, 3.63) is 29.6 Å². The fraction of sp³-hybridized carbons (Fsp3) is 0.538. The predicted molar refractivity (Wildman–Crippen MR) is 61.2 cm³/mol. The Morgan fingerprint density at radius 1 is 1.56 bits per heavy atom. The molecule has 0 spiro atoms. The molecule has 3 heteroatoms. The Morgan fingerprint density at radius 2 is 2.31 bits per heavy atom. The minimum Gasteiger partial charge on any atom is -0.383 e. The molecule has 16 heavy (non-hydrogen) atoms. The highest BCUT2D eigenvalue weighted by atomic mass is 16.3. The standard InChI is InChI=1S/C13H17NO2/c1-13(2,16)12(15)10-7-3-5-9-6-4-8-14-11(9)10/h4,6,8,10,16H,3,5,7H2,1-2H3. The van der Waals surface area contributed by atoms with Crippen molar-refractivity contribution in [1.82, 2.24) is 4.98 Å². The number of hydrogen-bond donors (Lipinski definition) is 1. The van der Waals surface area contributed by atoms with Crippen LogP contribution in [0.3, 0.4) is 0 Å². The molecule has 2 rings (SSSR count). The van der Waals surface area contributed by atoms with Gasteiger partial charge in [0, 0.05) is 6.20 Å². The third-order valence-electron chi connectivity index (χ3n) is 3.11. The van der Waals surface area contributed by atoms with Gasteiger partial charge in [-0.15, -0.1) is 0 Å². The normalized spacial score (nSPS) is 20.3. The van der Waals surface area contributed by atoms with Crippen molar-refractivity contribution in [2.45, 2.75) is 44.6 Å². The molecule has 1 aliphatic rings. The van der Waals surface area contributed by atoms with E-state index in [1.807, 2.05) is 12.1 Å². The average Bonchev–Trinajstić information content (AvgIpc) is 2.26. The molecule has 3 nitrogen and oxygen atoms in total. The maximum atomic E-state index is 12.1. The van der Waals surface area contributed by atoms with Crippen LogP contribution in [0.1, 0.15) is 43.9 Å². The summed E-state index contributed by atoms with van der Waals surface area (Å²) >= 11 is 0. The van der Waals surface area contributed by atoms with E-state index < -0.39 is 5.60 Å². The van der Waals surface area contributed by atoms with Gasteiger partial charge in [0.1, 0.15) is 5.60 Å². The maximum Gasteiger partial charge on any atom is 0.172 e. The van der Waals surface area contributed by atoms with Gasteiger partial charge in [0.05, 0.1) is 11.6 Å². The molecule has 0 aliphatic heterocycles. The summed E-state index contributed by atoms with van der Waals surface area (Å²) in [6, 6.07) is 3.92. The Morgan fingerprint density at radius 3 is 3.00 bits per heavy atom. The summed E-state index contributed by atoms with van der Waals surface area (Å²) in [7, 11) is 0. The Kier molecular flexibility index (Phi) is 2.80. The zero-order valence-electron chi connectivity index (χ0n) is 9.73. The number of pyridine rings is 1. The Balaban J connectivity index is 2.36. The second kappa shape index (κ2) is 3.98. The van der Waals surface area contributed by atoms with Crippen molar-refractivity contribution < 1.29 is 9.90 Å². The van der Waals surface area contributed by atoms with Crippen molar-refractivity contribution in [2.75, 3.05) is 0 Å². The van der Waals surface area contributed by atoms with E-state index in [-0.39, 0.29) is 11.7 Å². The lowest BCUT2D eigenvalue weighted by Crippen LogP contribution is -2.37. The molecule has 1 aromatic heterocycles. The van der Waals surface area contributed by atoms with Crippen molar-refractivity contribution in [2.24, 2.45) is 0 Å². The highest BCUT2D eigenvalue weighted by Gasteiger charge is 2.35. The molecule has 1 N–H and O–H groups in total. The number of rotatable bonds is 2. The Labute approximate surface area is 95.5 Å². The van der Waals surface area contributed by atoms with Crippen LogP contribution in [0, 0.1) is 0 Å². The minimum absolute atomic E-state index is 0.118. The van der Waals surface area contributed by atoms with Gasteiger partial charge in [-0.1, -0.05) is 6.07 Å². The Hall–Kier alpha value is -1.22. The van der Waals surface area contributed by atoms with Gasteiger partial charge in [-0.2, -0.15) is 0 Å². The van der Waals surface area contributed by atoms with Crippen LogP contribution in [0.5, 0.6) is 0 Å². The summed E-state index contributed by atoms with van der Waals surface area (Å²) in [6.45, 7) is 3.10. The average molecular weight is 219 g/mol. The third-order valence-corrected chi connectivity index (χ3v) is 3.11. The summed E-state index contributed by atoms with van der Waals surface area (Å²) in [5.74, 6) is -0.350. The highest BCUT2D eigenvalue weighted by Crippen LogP contribution is 2.33. The van der Waals surface area contributed by atoms with Crippen LogP contribution >= 0.6 is 0 Å². The molecule has 1 atom stereocenters. The van der Waals surface area contributed by atoms with E-state index in [4.69, 9.17) is 0 Å². The lowest BCUT2D eigenvalue weighted by Gasteiger charge is -2.27. The van der Waals surface area contributed by atoms with Crippen molar-refractivity contribution in [3.8, 4) is 0 Å². The first-order valence-corrected chi connectivity index (χ1v) is 5.70. The first-order chi connectivity index (χ1) is 7.50. The molecular weight excluding hydrogens is 202 g/mol. The van der Waals surface area contributed by atoms with E-state index in [0.717, 1.165) is 30.5 Å².